The van der Waals surface area contributed by atoms with Gasteiger partial charge in [0.25, 0.3) is 0 Å². The molecule has 0 aliphatic heterocycles. The van der Waals surface area contributed by atoms with E-state index < -0.39 is 0 Å². The second kappa shape index (κ2) is 10.4. The van der Waals surface area contributed by atoms with E-state index in [-0.39, 0.29) is 5.91 Å². The average molecular weight is 292 g/mol. The second-order valence-corrected chi connectivity index (χ2v) is 5.45. The normalized spacial score (nSPS) is 12.1. The first-order valence-electron chi connectivity index (χ1n) is 7.77. The molecule has 1 aromatic rings. The Morgan fingerprint density at radius 1 is 1.33 bits per heavy atom. The lowest BCUT2D eigenvalue weighted by atomic mass is 9.94. The number of methoxy groups -OCH3 is 1. The first-order valence-corrected chi connectivity index (χ1v) is 7.77. The van der Waals surface area contributed by atoms with Gasteiger partial charge >= 0.3 is 0 Å². The van der Waals surface area contributed by atoms with Gasteiger partial charge in [0, 0.05) is 19.2 Å². The number of rotatable bonds is 10. The van der Waals surface area contributed by atoms with E-state index in [1.807, 2.05) is 24.3 Å². The third-order valence-corrected chi connectivity index (χ3v) is 3.57. The Labute approximate surface area is 128 Å². The molecule has 4 nitrogen and oxygen atoms in total. The van der Waals surface area contributed by atoms with E-state index in [0.717, 1.165) is 36.9 Å². The van der Waals surface area contributed by atoms with Gasteiger partial charge in [-0.25, -0.2) is 0 Å². The van der Waals surface area contributed by atoms with Crippen LogP contribution in [0.2, 0.25) is 0 Å². The zero-order chi connectivity index (χ0) is 15.5. The lowest BCUT2D eigenvalue weighted by Crippen LogP contribution is -2.15. The fourth-order valence-electron chi connectivity index (χ4n) is 2.54. The minimum Gasteiger partial charge on any atom is -0.380 e. The van der Waals surface area contributed by atoms with E-state index in [0.29, 0.717) is 25.5 Å². The molecule has 21 heavy (non-hydrogen) atoms. The summed E-state index contributed by atoms with van der Waals surface area (Å²) in [6, 6.07) is 7.77. The molecule has 0 heterocycles. The first-order chi connectivity index (χ1) is 10.2. The zero-order valence-electron chi connectivity index (χ0n) is 13.2. The van der Waals surface area contributed by atoms with E-state index in [1.165, 1.54) is 0 Å². The molecule has 1 aromatic carbocycles. The van der Waals surface area contributed by atoms with E-state index >= 15 is 0 Å². The van der Waals surface area contributed by atoms with Crippen LogP contribution in [0.5, 0.6) is 0 Å². The fourth-order valence-corrected chi connectivity index (χ4v) is 2.54. The molecule has 1 unspecified atom stereocenters. The van der Waals surface area contributed by atoms with E-state index in [9.17, 15) is 4.79 Å². The third-order valence-electron chi connectivity index (χ3n) is 3.57. The average Bonchev–Trinajstić information content (AvgIpc) is 2.46. The van der Waals surface area contributed by atoms with Gasteiger partial charge in [-0.15, -0.1) is 0 Å². The number of hydrogen-bond donors (Lipinski definition) is 2. The van der Waals surface area contributed by atoms with Gasteiger partial charge < -0.3 is 15.8 Å². The zero-order valence-corrected chi connectivity index (χ0v) is 13.2. The number of nitrogens with one attached hydrogen (secondary N) is 1. The minimum atomic E-state index is 0.0719. The van der Waals surface area contributed by atoms with Crippen molar-refractivity contribution in [3.63, 3.8) is 0 Å². The van der Waals surface area contributed by atoms with Crippen molar-refractivity contribution in [2.75, 3.05) is 19.0 Å². The smallest absolute Gasteiger partial charge is 0.224 e. The highest BCUT2D eigenvalue weighted by atomic mass is 16.5. The Balaban J connectivity index is 2.43. The first kappa shape index (κ1) is 17.7. The third kappa shape index (κ3) is 7.25. The van der Waals surface area contributed by atoms with Crippen LogP contribution >= 0.6 is 0 Å². The maximum absolute atomic E-state index is 12.0. The number of nitrogens with two attached hydrogens (primary N) is 1. The van der Waals surface area contributed by atoms with Crippen LogP contribution in [0.25, 0.3) is 0 Å². The predicted molar refractivity (Wildman–Crippen MR) is 87.1 cm³/mol. The lowest BCUT2D eigenvalue weighted by molar-refractivity contribution is -0.116. The van der Waals surface area contributed by atoms with E-state index in [2.05, 4.69) is 12.2 Å². The largest absolute Gasteiger partial charge is 0.380 e. The standard InChI is InChI=1S/C17H28N2O2/c1-3-5-14(10-11-18)8-9-17(20)19-16-7-4-6-15(12-16)13-21-2/h4,6-7,12,14H,3,5,8-11,13,18H2,1-2H3,(H,19,20). The molecule has 0 bridgehead atoms. The van der Waals surface area contributed by atoms with Crippen molar-refractivity contribution in [3.05, 3.63) is 29.8 Å². The number of amides is 1. The van der Waals surface area contributed by atoms with Gasteiger partial charge in [0.2, 0.25) is 5.91 Å². The van der Waals surface area contributed by atoms with Crippen molar-refractivity contribution in [2.45, 2.75) is 45.6 Å². The summed E-state index contributed by atoms with van der Waals surface area (Å²) in [6.07, 6.45) is 4.76. The Kier molecular flexibility index (Phi) is 8.71. The van der Waals surface area contributed by atoms with Crippen LogP contribution in [0.4, 0.5) is 5.69 Å². The van der Waals surface area contributed by atoms with Crippen molar-refractivity contribution in [1.29, 1.82) is 0 Å². The van der Waals surface area contributed by atoms with Crippen LogP contribution in [0.1, 0.15) is 44.6 Å². The van der Waals surface area contributed by atoms with Crippen LogP contribution in [0.3, 0.4) is 0 Å². The van der Waals surface area contributed by atoms with Crippen molar-refractivity contribution >= 4 is 11.6 Å². The Morgan fingerprint density at radius 3 is 2.81 bits per heavy atom. The number of ether oxygens (including phenoxy) is 1. The lowest BCUT2D eigenvalue weighted by Gasteiger charge is -2.14. The maximum atomic E-state index is 12.0. The summed E-state index contributed by atoms with van der Waals surface area (Å²) in [6.45, 7) is 3.43. The molecule has 0 saturated carbocycles. The van der Waals surface area contributed by atoms with Crippen LogP contribution in [-0.2, 0) is 16.1 Å². The highest BCUT2D eigenvalue weighted by Gasteiger charge is 2.10. The summed E-state index contributed by atoms with van der Waals surface area (Å²) in [5.41, 5.74) is 7.51. The number of benzene rings is 1. The van der Waals surface area contributed by atoms with Gasteiger partial charge in [-0.05, 0) is 43.0 Å². The van der Waals surface area contributed by atoms with Gasteiger partial charge in [-0.3, -0.25) is 4.79 Å². The number of carbonyl (C=O) groups is 1. The summed E-state index contributed by atoms with van der Waals surface area (Å²) in [7, 11) is 1.66. The molecule has 1 rings (SSSR count). The molecule has 0 saturated heterocycles. The molecule has 0 aromatic heterocycles. The Hall–Kier alpha value is -1.39. The summed E-state index contributed by atoms with van der Waals surface area (Å²) in [5.74, 6) is 0.633. The van der Waals surface area contributed by atoms with Crippen LogP contribution in [0.15, 0.2) is 24.3 Å². The van der Waals surface area contributed by atoms with Crippen LogP contribution < -0.4 is 11.1 Å². The topological polar surface area (TPSA) is 64.4 Å². The van der Waals surface area contributed by atoms with Gasteiger partial charge in [-0.1, -0.05) is 31.9 Å². The van der Waals surface area contributed by atoms with Crippen LogP contribution in [0, 0.1) is 5.92 Å². The van der Waals surface area contributed by atoms with E-state index in [4.69, 9.17) is 10.5 Å². The Morgan fingerprint density at radius 2 is 2.14 bits per heavy atom. The van der Waals surface area contributed by atoms with Crippen molar-refractivity contribution in [3.8, 4) is 0 Å². The second-order valence-electron chi connectivity index (χ2n) is 5.45. The van der Waals surface area contributed by atoms with Crippen molar-refractivity contribution in [1.82, 2.24) is 0 Å². The van der Waals surface area contributed by atoms with E-state index in [1.54, 1.807) is 7.11 Å². The molecule has 0 aliphatic carbocycles. The summed E-state index contributed by atoms with van der Waals surface area (Å²) in [5, 5.41) is 2.95. The molecule has 1 atom stereocenters. The summed E-state index contributed by atoms with van der Waals surface area (Å²) < 4.78 is 5.10. The molecule has 0 aliphatic rings. The molecule has 0 fully saturated rings. The SMILES string of the molecule is CCCC(CCN)CCC(=O)Nc1cccc(COC)c1. The molecule has 0 radical (unpaired) electrons. The number of anilines is 1. The van der Waals surface area contributed by atoms with Gasteiger partial charge in [0.05, 0.1) is 6.61 Å². The van der Waals surface area contributed by atoms with Gasteiger partial charge in [0.1, 0.15) is 0 Å². The van der Waals surface area contributed by atoms with Crippen LogP contribution in [-0.4, -0.2) is 19.6 Å². The fraction of sp³-hybridized carbons (Fsp3) is 0.588. The van der Waals surface area contributed by atoms with Crippen molar-refractivity contribution < 1.29 is 9.53 Å². The summed E-state index contributed by atoms with van der Waals surface area (Å²) in [4.78, 5) is 12.0. The van der Waals surface area contributed by atoms with Gasteiger partial charge in [0.15, 0.2) is 0 Å². The molecule has 3 N–H and O–H groups in total. The quantitative estimate of drug-likeness (QED) is 0.695. The molecular weight excluding hydrogens is 264 g/mol. The molecule has 1 amide bonds. The molecule has 0 spiro atoms. The molecule has 118 valence electrons. The van der Waals surface area contributed by atoms with Crippen molar-refractivity contribution in [2.24, 2.45) is 11.7 Å². The summed E-state index contributed by atoms with van der Waals surface area (Å²) >= 11 is 0. The highest BCUT2D eigenvalue weighted by molar-refractivity contribution is 5.90. The predicted octanol–water partition coefficient (Wildman–Crippen LogP) is 3.32. The minimum absolute atomic E-state index is 0.0719. The Bertz CT molecular complexity index is 415. The molecular formula is C17H28N2O2. The molecule has 4 heteroatoms. The number of hydrogen-bond acceptors (Lipinski definition) is 3. The van der Waals surface area contributed by atoms with Gasteiger partial charge in [-0.2, -0.15) is 0 Å². The monoisotopic (exact) mass is 292 g/mol. The highest BCUT2D eigenvalue weighted by Crippen LogP contribution is 2.18. The maximum Gasteiger partial charge on any atom is 0.224 e. The number of carbonyl (C=O) groups excluding carboxylic acids is 1.